The number of nitriles is 2. The third kappa shape index (κ3) is 6.74. The van der Waals surface area contributed by atoms with Crippen LogP contribution in [0.15, 0.2) is 22.8 Å². The van der Waals surface area contributed by atoms with Crippen LogP contribution in [0.5, 0.6) is 0 Å². The molecule has 0 rings (SSSR count). The van der Waals surface area contributed by atoms with Gasteiger partial charge in [0.25, 0.3) is 0 Å². The average molecular weight is 310 g/mol. The Morgan fingerprint density at radius 1 is 0.947 bits per heavy atom. The molecule has 0 saturated carbocycles. The van der Waals surface area contributed by atoms with Crippen LogP contribution in [-0.2, 0) is 26.7 Å². The SMILES string of the molecule is N#C/C(C=O)=C(\N)[N-]CC[N-]/C(N)=C(/C#N)C=O.[Cu+2]. The van der Waals surface area contributed by atoms with Crippen LogP contribution in [0.25, 0.3) is 10.6 Å². The van der Waals surface area contributed by atoms with Crippen molar-refractivity contribution in [3.8, 4) is 12.1 Å². The molecule has 0 unspecified atom stereocenters. The molecule has 19 heavy (non-hydrogen) atoms. The van der Waals surface area contributed by atoms with Crippen molar-refractivity contribution >= 4 is 12.6 Å². The Balaban J connectivity index is 0. The zero-order chi connectivity index (χ0) is 14.0. The first-order valence-corrected chi connectivity index (χ1v) is 4.65. The number of carbonyl (C=O) groups excluding carboxylic acids is 2. The fourth-order valence-electron chi connectivity index (χ4n) is 0.799. The van der Waals surface area contributed by atoms with Crippen molar-refractivity contribution in [3.63, 3.8) is 0 Å². The van der Waals surface area contributed by atoms with E-state index in [1.807, 2.05) is 0 Å². The Labute approximate surface area is 120 Å². The van der Waals surface area contributed by atoms with Gasteiger partial charge in [-0.1, -0.05) is 13.1 Å². The molecule has 0 bridgehead atoms. The van der Waals surface area contributed by atoms with Gasteiger partial charge in [-0.3, -0.25) is 9.59 Å². The van der Waals surface area contributed by atoms with Gasteiger partial charge in [0.05, 0.1) is 11.1 Å². The molecule has 9 heteroatoms. The molecule has 0 aromatic carbocycles. The van der Waals surface area contributed by atoms with Crippen LogP contribution in [0.4, 0.5) is 0 Å². The molecule has 0 aromatic rings. The summed E-state index contributed by atoms with van der Waals surface area (Å²) in [6.45, 7) is 0.145. The van der Waals surface area contributed by atoms with E-state index in [0.717, 1.165) is 0 Å². The number of carbonyl (C=O) groups is 2. The summed E-state index contributed by atoms with van der Waals surface area (Å²) in [4.78, 5) is 20.7. The van der Waals surface area contributed by atoms with Crippen molar-refractivity contribution in [2.45, 2.75) is 0 Å². The monoisotopic (exact) mass is 309 g/mol. The van der Waals surface area contributed by atoms with Gasteiger partial charge in [0.2, 0.25) is 0 Å². The van der Waals surface area contributed by atoms with Gasteiger partial charge in [-0.25, -0.2) is 0 Å². The van der Waals surface area contributed by atoms with E-state index in [1.54, 1.807) is 12.1 Å². The number of rotatable bonds is 7. The minimum absolute atomic E-state index is 0. The van der Waals surface area contributed by atoms with Crippen LogP contribution >= 0.6 is 0 Å². The quantitative estimate of drug-likeness (QED) is 0.212. The molecule has 4 N–H and O–H groups in total. The molecule has 0 saturated heterocycles. The first kappa shape index (κ1) is 18.9. The minimum atomic E-state index is -0.274. The predicted molar refractivity (Wildman–Crippen MR) is 62.2 cm³/mol. The largest absolute Gasteiger partial charge is 2.00 e. The van der Waals surface area contributed by atoms with Crippen molar-refractivity contribution in [2.24, 2.45) is 11.5 Å². The molecule has 0 spiro atoms. The Hall–Kier alpha value is -2.48. The number of hydrogen-bond acceptors (Lipinski definition) is 6. The molecule has 0 aromatic heterocycles. The first-order valence-electron chi connectivity index (χ1n) is 4.65. The summed E-state index contributed by atoms with van der Waals surface area (Å²) in [6, 6.07) is 3.15. The van der Waals surface area contributed by atoms with Gasteiger partial charge in [0.1, 0.15) is 12.1 Å². The number of hydrogen-bond donors (Lipinski definition) is 2. The molecular formula is C10H10CuN6O2. The van der Waals surface area contributed by atoms with E-state index < -0.39 is 0 Å². The van der Waals surface area contributed by atoms with E-state index in [4.69, 9.17) is 22.0 Å². The van der Waals surface area contributed by atoms with Gasteiger partial charge in [0.15, 0.2) is 12.6 Å². The summed E-state index contributed by atoms with van der Waals surface area (Å²) in [5, 5.41) is 24.4. The topological polar surface area (TPSA) is 162 Å². The zero-order valence-electron chi connectivity index (χ0n) is 9.63. The van der Waals surface area contributed by atoms with Crippen LogP contribution in [0, 0.1) is 22.7 Å². The number of allylic oxidation sites excluding steroid dienone is 2. The Kier molecular flexibility index (Phi) is 10.6. The third-order valence-electron chi connectivity index (χ3n) is 1.69. The summed E-state index contributed by atoms with van der Waals surface area (Å²) >= 11 is 0. The smallest absolute Gasteiger partial charge is 0.494 e. The maximum atomic E-state index is 10.3. The van der Waals surface area contributed by atoms with E-state index in [0.29, 0.717) is 12.6 Å². The van der Waals surface area contributed by atoms with Crippen molar-refractivity contribution in [1.29, 1.82) is 10.5 Å². The molecule has 0 heterocycles. The van der Waals surface area contributed by atoms with Crippen LogP contribution < -0.4 is 11.5 Å². The standard InChI is InChI=1S/C10H12N6O2.Cu/c11-3-7(5-17)9(13)15-1-2-16-10(14)8(4-12)6-18;/h5-6H,1-2H2,(H6,13,14,15,16,17,18);/q;+2/p-2. The van der Waals surface area contributed by atoms with Crippen molar-refractivity contribution in [2.75, 3.05) is 13.1 Å². The fourth-order valence-corrected chi connectivity index (χ4v) is 0.799. The van der Waals surface area contributed by atoms with E-state index in [9.17, 15) is 9.59 Å². The van der Waals surface area contributed by atoms with Crippen LogP contribution in [-0.4, -0.2) is 25.7 Å². The van der Waals surface area contributed by atoms with E-state index >= 15 is 0 Å². The van der Waals surface area contributed by atoms with Gasteiger partial charge in [-0.2, -0.15) is 10.5 Å². The molecule has 0 aliphatic carbocycles. The maximum absolute atomic E-state index is 10.3. The molecule has 0 amide bonds. The Morgan fingerprint density at radius 2 is 1.26 bits per heavy atom. The summed E-state index contributed by atoms with van der Waals surface area (Å²) in [6.07, 6.45) is 0.592. The normalized spacial score (nSPS) is 11.5. The zero-order valence-corrected chi connectivity index (χ0v) is 10.6. The van der Waals surface area contributed by atoms with Gasteiger partial charge < -0.3 is 22.1 Å². The second-order valence-corrected chi connectivity index (χ2v) is 2.82. The second-order valence-electron chi connectivity index (χ2n) is 2.82. The van der Waals surface area contributed by atoms with Gasteiger partial charge >= 0.3 is 17.1 Å². The number of aldehydes is 2. The predicted octanol–water partition coefficient (Wildman–Crippen LogP) is -0.483. The summed E-state index contributed by atoms with van der Waals surface area (Å²) < 4.78 is 0. The van der Waals surface area contributed by atoms with Crippen LogP contribution in [0.1, 0.15) is 0 Å². The Morgan fingerprint density at radius 3 is 1.47 bits per heavy atom. The fraction of sp³-hybridized carbons (Fsp3) is 0.200. The van der Waals surface area contributed by atoms with Crippen molar-refractivity contribution in [1.82, 2.24) is 0 Å². The van der Waals surface area contributed by atoms with Crippen molar-refractivity contribution in [3.05, 3.63) is 33.4 Å². The minimum Gasteiger partial charge on any atom is -0.494 e. The number of nitrogens with two attached hydrogens (primary N) is 2. The average Bonchev–Trinajstić information content (AvgIpc) is 2.37. The number of nitrogens with zero attached hydrogens (tertiary/aromatic N) is 4. The summed E-state index contributed by atoms with van der Waals surface area (Å²) in [7, 11) is 0. The van der Waals surface area contributed by atoms with E-state index in [-0.39, 0.29) is 52.9 Å². The molecule has 1 radical (unpaired) electrons. The molecule has 0 fully saturated rings. The van der Waals surface area contributed by atoms with Crippen LogP contribution in [0.2, 0.25) is 0 Å². The third-order valence-corrected chi connectivity index (χ3v) is 1.69. The first-order chi connectivity index (χ1) is 8.60. The van der Waals surface area contributed by atoms with E-state index in [1.165, 1.54) is 0 Å². The summed E-state index contributed by atoms with van der Waals surface area (Å²) in [5.41, 5.74) is 10.1. The molecular weight excluding hydrogens is 300 g/mol. The van der Waals surface area contributed by atoms with Gasteiger partial charge in [-0.15, -0.1) is 0 Å². The second kappa shape index (κ2) is 10.7. The molecule has 103 valence electrons. The summed E-state index contributed by atoms with van der Waals surface area (Å²) in [5.74, 6) is -0.387. The van der Waals surface area contributed by atoms with Gasteiger partial charge in [0, 0.05) is 0 Å². The Bertz CT molecular complexity index is 427. The van der Waals surface area contributed by atoms with Gasteiger partial charge in [-0.05, 0) is 11.6 Å². The molecule has 0 aliphatic heterocycles. The van der Waals surface area contributed by atoms with Crippen LogP contribution in [0.3, 0.4) is 0 Å². The molecule has 0 atom stereocenters. The van der Waals surface area contributed by atoms with Crippen molar-refractivity contribution < 1.29 is 26.7 Å². The maximum Gasteiger partial charge on any atom is 2.00 e. The molecule has 8 nitrogen and oxygen atoms in total. The van der Waals surface area contributed by atoms with E-state index in [2.05, 4.69) is 10.6 Å². The molecule has 0 aliphatic rings.